The summed E-state index contributed by atoms with van der Waals surface area (Å²) in [7, 11) is 0. The number of carbonyl (C=O) groups is 8. The van der Waals surface area contributed by atoms with E-state index in [9.17, 15) is 48.6 Å². The number of carbonyl (C=O) groups excluding carboxylic acids is 7. The fraction of sp³-hybridized carbons (Fsp3) is 0.574. The molecule has 0 aliphatic carbocycles. The van der Waals surface area contributed by atoms with Crippen LogP contribution in [0.4, 0.5) is 0 Å². The molecular weight excluding hydrogens is 837 g/mol. The second-order valence-corrected chi connectivity index (χ2v) is 17.9. The molecule has 0 aromatic heterocycles. The van der Waals surface area contributed by atoms with Gasteiger partial charge in [0.1, 0.15) is 36.3 Å². The monoisotopic (exact) mass is 909 g/mol. The minimum absolute atomic E-state index is 0.0000654. The van der Waals surface area contributed by atoms with E-state index in [1.54, 1.807) is 88.4 Å². The summed E-state index contributed by atoms with van der Waals surface area (Å²) in [5.41, 5.74) is 7.41. The van der Waals surface area contributed by atoms with Gasteiger partial charge in [-0.3, -0.25) is 33.6 Å². The molecule has 0 aliphatic rings. The number of rotatable bonds is 27. The third kappa shape index (κ3) is 19.4. The molecule has 18 nitrogen and oxygen atoms in total. The van der Waals surface area contributed by atoms with Crippen molar-refractivity contribution in [1.29, 1.82) is 0 Å². The number of nitrogens with two attached hydrogens (primary N) is 1. The van der Waals surface area contributed by atoms with Gasteiger partial charge in [-0.25, -0.2) is 4.79 Å². The quantitative estimate of drug-likeness (QED) is 0.0606. The Labute approximate surface area is 382 Å². The number of aliphatic hydroxyl groups is 1. The van der Waals surface area contributed by atoms with Gasteiger partial charge in [-0.2, -0.15) is 0 Å². The Bertz CT molecular complexity index is 1880. The van der Waals surface area contributed by atoms with Crippen LogP contribution in [0.5, 0.6) is 0 Å². The van der Waals surface area contributed by atoms with Crippen molar-refractivity contribution >= 4 is 47.3 Å². The summed E-state index contributed by atoms with van der Waals surface area (Å²) in [5, 5.41) is 38.4. The zero-order valence-corrected chi connectivity index (χ0v) is 39.2. The Hall–Kier alpha value is -5.88. The van der Waals surface area contributed by atoms with Gasteiger partial charge in [0.15, 0.2) is 0 Å². The molecule has 0 radical (unpaired) electrons. The van der Waals surface area contributed by atoms with Crippen LogP contribution in [0.3, 0.4) is 0 Å². The lowest BCUT2D eigenvalue weighted by Crippen LogP contribution is -2.62. The van der Waals surface area contributed by atoms with Crippen LogP contribution in [0, 0.1) is 23.7 Å². The van der Waals surface area contributed by atoms with Gasteiger partial charge < -0.3 is 53.2 Å². The first-order chi connectivity index (χ1) is 30.5. The number of nitrogens with one attached hydrogen (secondary N) is 7. The Morgan fingerprint density at radius 2 is 0.969 bits per heavy atom. The molecule has 65 heavy (non-hydrogen) atoms. The zero-order valence-electron chi connectivity index (χ0n) is 39.2. The molecule has 18 heteroatoms. The number of hydrogen-bond acceptors (Lipinski definition) is 10. The standard InChI is InChI=1S/C47H72N8O10/c1-10-29(8)38(48)44(61)51-33(21-26(2)3)41(58)49-25-37(57)50-34(23-31-17-13-11-14-18-31)42(59)54-39(28(6)7)45(62)52-35(24-32-19-15-12-16-20-32)43(60)55-40(30(9)56)46(63)53-36(47(64)65)22-27(4)5/h11-20,26-30,33-36,38-40,56H,10,21-25,48H2,1-9H3,(H,49,58)(H,50,57)(H,51,61)(H,52,62)(H,53,63)(H,54,59)(H,55,60)(H,64,65)/t29-,30+,33-,34-,35-,36-,38-,39-,40-/m0/s1. The third-order valence-corrected chi connectivity index (χ3v) is 10.8. The minimum atomic E-state index is -1.59. The molecule has 2 aromatic rings. The lowest BCUT2D eigenvalue weighted by Gasteiger charge is -2.29. The first-order valence-corrected chi connectivity index (χ1v) is 22.4. The maximum absolute atomic E-state index is 14.1. The van der Waals surface area contributed by atoms with E-state index in [0.29, 0.717) is 17.5 Å². The number of aliphatic carboxylic acids is 1. The molecule has 0 saturated carbocycles. The number of aliphatic hydroxyl groups excluding tert-OH is 1. The summed E-state index contributed by atoms with van der Waals surface area (Å²) in [4.78, 5) is 107. The zero-order chi connectivity index (χ0) is 49.0. The van der Waals surface area contributed by atoms with E-state index in [-0.39, 0.29) is 43.4 Å². The molecule has 0 unspecified atom stereocenters. The molecule has 0 aliphatic heterocycles. The molecule has 0 fully saturated rings. The second kappa shape index (κ2) is 27.4. The average molecular weight is 909 g/mol. The van der Waals surface area contributed by atoms with E-state index in [1.807, 2.05) is 27.7 Å². The van der Waals surface area contributed by atoms with Crippen LogP contribution in [-0.4, -0.2) is 112 Å². The van der Waals surface area contributed by atoms with Crippen molar-refractivity contribution in [3.63, 3.8) is 0 Å². The van der Waals surface area contributed by atoms with Crippen molar-refractivity contribution in [2.24, 2.45) is 29.4 Å². The molecule has 7 amide bonds. The maximum Gasteiger partial charge on any atom is 0.326 e. The number of hydrogen-bond donors (Lipinski definition) is 10. The van der Waals surface area contributed by atoms with Gasteiger partial charge in [0, 0.05) is 12.8 Å². The van der Waals surface area contributed by atoms with Crippen LogP contribution in [0.25, 0.3) is 0 Å². The molecule has 9 atom stereocenters. The molecule has 2 aromatic carbocycles. The highest BCUT2D eigenvalue weighted by Crippen LogP contribution is 2.12. The van der Waals surface area contributed by atoms with E-state index >= 15 is 0 Å². The highest BCUT2D eigenvalue weighted by atomic mass is 16.4. The SMILES string of the molecule is CC[C@H](C)[C@H](N)C(=O)N[C@@H](CC(C)C)C(=O)NCC(=O)N[C@@H](Cc1ccccc1)C(=O)N[C@H](C(=O)N[C@@H](Cc1ccccc1)C(=O)N[C@H](C(=O)N[C@@H](CC(C)C)C(=O)O)[C@@H](C)O)C(C)C. The summed E-state index contributed by atoms with van der Waals surface area (Å²) in [6.07, 6.45) is -0.500. The maximum atomic E-state index is 14.1. The topological polar surface area (TPSA) is 287 Å². The van der Waals surface area contributed by atoms with Crippen molar-refractivity contribution in [1.82, 2.24) is 37.2 Å². The lowest BCUT2D eigenvalue weighted by molar-refractivity contribution is -0.143. The number of carboxylic acid groups (broad SMARTS) is 1. The highest BCUT2D eigenvalue weighted by Gasteiger charge is 2.35. The predicted octanol–water partition coefficient (Wildman–Crippen LogP) is 1.08. The van der Waals surface area contributed by atoms with Crippen molar-refractivity contribution in [2.45, 2.75) is 143 Å². The normalized spacial score (nSPS) is 15.5. The molecule has 0 spiro atoms. The molecule has 2 rings (SSSR count). The summed E-state index contributed by atoms with van der Waals surface area (Å²) in [6.45, 7) is 15.1. The number of benzene rings is 2. The van der Waals surface area contributed by atoms with Crippen LogP contribution < -0.4 is 43.0 Å². The van der Waals surface area contributed by atoms with Crippen molar-refractivity contribution < 1.29 is 48.6 Å². The number of amides is 7. The van der Waals surface area contributed by atoms with Crippen LogP contribution >= 0.6 is 0 Å². The highest BCUT2D eigenvalue weighted by molar-refractivity contribution is 5.97. The molecule has 0 bridgehead atoms. The van der Waals surface area contributed by atoms with E-state index in [1.165, 1.54) is 6.92 Å². The molecular formula is C47H72N8O10. The Balaban J connectivity index is 2.34. The van der Waals surface area contributed by atoms with Crippen LogP contribution in [0.15, 0.2) is 60.7 Å². The van der Waals surface area contributed by atoms with Crippen LogP contribution in [0.2, 0.25) is 0 Å². The Kier molecular flexibility index (Phi) is 23.3. The van der Waals surface area contributed by atoms with Crippen molar-refractivity contribution in [3.8, 4) is 0 Å². The van der Waals surface area contributed by atoms with E-state index < -0.39 is 108 Å². The molecule has 11 N–H and O–H groups in total. The van der Waals surface area contributed by atoms with E-state index in [0.717, 1.165) is 0 Å². The number of carboxylic acids is 1. The fourth-order valence-electron chi connectivity index (χ4n) is 6.80. The Morgan fingerprint density at radius 1 is 0.538 bits per heavy atom. The van der Waals surface area contributed by atoms with Crippen molar-refractivity contribution in [3.05, 3.63) is 71.8 Å². The smallest absolute Gasteiger partial charge is 0.326 e. The van der Waals surface area contributed by atoms with Crippen LogP contribution in [-0.2, 0) is 51.2 Å². The van der Waals surface area contributed by atoms with Gasteiger partial charge in [-0.05, 0) is 54.6 Å². The van der Waals surface area contributed by atoms with Gasteiger partial charge in [0.2, 0.25) is 41.4 Å². The van der Waals surface area contributed by atoms with Gasteiger partial charge in [-0.1, -0.05) is 122 Å². The minimum Gasteiger partial charge on any atom is -0.480 e. The van der Waals surface area contributed by atoms with Crippen molar-refractivity contribution in [2.75, 3.05) is 6.54 Å². The van der Waals surface area contributed by atoms with E-state index in [4.69, 9.17) is 5.73 Å². The predicted molar refractivity (Wildman–Crippen MR) is 245 cm³/mol. The first kappa shape index (κ1) is 55.3. The first-order valence-electron chi connectivity index (χ1n) is 22.4. The summed E-state index contributed by atoms with van der Waals surface area (Å²) >= 11 is 0. The largest absolute Gasteiger partial charge is 0.480 e. The van der Waals surface area contributed by atoms with E-state index in [2.05, 4.69) is 37.2 Å². The summed E-state index contributed by atoms with van der Waals surface area (Å²) in [5.74, 6) is -7.18. The second-order valence-electron chi connectivity index (χ2n) is 17.9. The molecule has 0 heterocycles. The average Bonchev–Trinajstić information content (AvgIpc) is 3.24. The molecule has 360 valence electrons. The molecule has 0 saturated heterocycles. The van der Waals surface area contributed by atoms with Gasteiger partial charge in [0.25, 0.3) is 0 Å². The van der Waals surface area contributed by atoms with Gasteiger partial charge in [0.05, 0.1) is 18.7 Å². The summed E-state index contributed by atoms with van der Waals surface area (Å²) in [6, 6.07) is 8.95. The third-order valence-electron chi connectivity index (χ3n) is 10.8. The van der Waals surface area contributed by atoms with Gasteiger partial charge >= 0.3 is 5.97 Å². The fourth-order valence-corrected chi connectivity index (χ4v) is 6.80. The summed E-state index contributed by atoms with van der Waals surface area (Å²) < 4.78 is 0. The van der Waals surface area contributed by atoms with Crippen LogP contribution in [0.1, 0.15) is 92.7 Å². The lowest BCUT2D eigenvalue weighted by atomic mass is 9.97. The Morgan fingerprint density at radius 3 is 1.42 bits per heavy atom. The van der Waals surface area contributed by atoms with Gasteiger partial charge in [-0.15, -0.1) is 0 Å².